The second kappa shape index (κ2) is 6.13. The molecule has 0 aliphatic carbocycles. The Morgan fingerprint density at radius 2 is 2.20 bits per heavy atom. The lowest BCUT2D eigenvalue weighted by molar-refractivity contribution is -0.116. The molecule has 2 rings (SSSR count). The number of benzene rings is 1. The van der Waals surface area contributed by atoms with Crippen molar-refractivity contribution >= 4 is 27.5 Å². The highest BCUT2D eigenvalue weighted by molar-refractivity contribution is 9.10. The second-order valence-electron chi connectivity index (χ2n) is 4.64. The van der Waals surface area contributed by atoms with Crippen LogP contribution in [0.2, 0.25) is 0 Å². The van der Waals surface area contributed by atoms with Gasteiger partial charge in [0, 0.05) is 5.69 Å². The molecule has 1 unspecified atom stereocenters. The summed E-state index contributed by atoms with van der Waals surface area (Å²) in [6.07, 6.45) is 2.73. The number of aromatic nitrogens is 3. The van der Waals surface area contributed by atoms with Crippen LogP contribution >= 0.6 is 15.9 Å². The van der Waals surface area contributed by atoms with E-state index in [9.17, 15) is 9.18 Å². The molecule has 1 atom stereocenters. The van der Waals surface area contributed by atoms with Gasteiger partial charge < -0.3 is 5.32 Å². The predicted molar refractivity (Wildman–Crippen MR) is 77.5 cm³/mol. The molecule has 1 amide bonds. The van der Waals surface area contributed by atoms with E-state index < -0.39 is 5.82 Å². The quantitative estimate of drug-likeness (QED) is 0.870. The molecule has 2 aromatic rings. The molecule has 1 heterocycles. The standard InChI is InChI=1S/C13H14BrFN4O/c1-8(2)12(14)13(20)18-9-3-4-11(10(15)5-9)19-7-16-6-17-19/h3-8,12H,1-2H3,(H,18,20). The van der Waals surface area contributed by atoms with E-state index in [1.54, 1.807) is 6.07 Å². The third-order valence-corrected chi connectivity index (χ3v) is 4.19. The first-order valence-corrected chi connectivity index (χ1v) is 7.00. The number of nitrogens with zero attached hydrogens (tertiary/aromatic N) is 3. The van der Waals surface area contributed by atoms with Gasteiger partial charge in [-0.25, -0.2) is 14.1 Å². The average molecular weight is 341 g/mol. The summed E-state index contributed by atoms with van der Waals surface area (Å²) in [5.74, 6) is -0.536. The Hall–Kier alpha value is -1.76. The number of halogens is 2. The molecule has 0 saturated carbocycles. The van der Waals surface area contributed by atoms with Crippen LogP contribution in [0.5, 0.6) is 0 Å². The van der Waals surface area contributed by atoms with Crippen LogP contribution in [0.25, 0.3) is 5.69 Å². The van der Waals surface area contributed by atoms with E-state index in [1.165, 1.54) is 29.5 Å². The zero-order valence-corrected chi connectivity index (χ0v) is 12.6. The van der Waals surface area contributed by atoms with Crippen molar-refractivity contribution in [2.24, 2.45) is 5.92 Å². The van der Waals surface area contributed by atoms with Gasteiger partial charge in [0.15, 0.2) is 5.82 Å². The highest BCUT2D eigenvalue weighted by Crippen LogP contribution is 2.19. The Kier molecular flexibility index (Phi) is 4.49. The fourth-order valence-electron chi connectivity index (χ4n) is 1.62. The third kappa shape index (κ3) is 3.22. The van der Waals surface area contributed by atoms with Gasteiger partial charge in [0.1, 0.15) is 18.3 Å². The summed E-state index contributed by atoms with van der Waals surface area (Å²) < 4.78 is 15.3. The number of anilines is 1. The summed E-state index contributed by atoms with van der Waals surface area (Å²) in [5.41, 5.74) is 0.682. The summed E-state index contributed by atoms with van der Waals surface area (Å²) >= 11 is 3.30. The summed E-state index contributed by atoms with van der Waals surface area (Å²) in [4.78, 5) is 15.3. The smallest absolute Gasteiger partial charge is 0.238 e. The highest BCUT2D eigenvalue weighted by atomic mass is 79.9. The topological polar surface area (TPSA) is 59.8 Å². The van der Waals surface area contributed by atoms with Gasteiger partial charge in [-0.15, -0.1) is 0 Å². The first kappa shape index (κ1) is 14.6. The van der Waals surface area contributed by atoms with Crippen molar-refractivity contribution in [3.05, 3.63) is 36.7 Å². The van der Waals surface area contributed by atoms with Crippen molar-refractivity contribution in [3.8, 4) is 5.69 Å². The molecular weight excluding hydrogens is 327 g/mol. The van der Waals surface area contributed by atoms with Crippen molar-refractivity contribution in [2.75, 3.05) is 5.32 Å². The molecule has 0 fully saturated rings. The van der Waals surface area contributed by atoms with Gasteiger partial charge in [0.05, 0.1) is 4.83 Å². The van der Waals surface area contributed by atoms with Gasteiger partial charge in [-0.3, -0.25) is 4.79 Å². The van der Waals surface area contributed by atoms with E-state index in [4.69, 9.17) is 0 Å². The molecule has 0 aliphatic heterocycles. The number of carbonyl (C=O) groups is 1. The van der Waals surface area contributed by atoms with Crippen LogP contribution in [0.15, 0.2) is 30.9 Å². The third-order valence-electron chi connectivity index (χ3n) is 2.72. The number of amides is 1. The molecule has 20 heavy (non-hydrogen) atoms. The van der Waals surface area contributed by atoms with Crippen LogP contribution in [0.3, 0.4) is 0 Å². The molecular formula is C13H14BrFN4O. The highest BCUT2D eigenvalue weighted by Gasteiger charge is 2.19. The Morgan fingerprint density at radius 1 is 1.45 bits per heavy atom. The second-order valence-corrected chi connectivity index (χ2v) is 5.63. The van der Waals surface area contributed by atoms with Crippen LogP contribution in [0.4, 0.5) is 10.1 Å². The van der Waals surface area contributed by atoms with Crippen LogP contribution in [0, 0.1) is 11.7 Å². The normalized spacial score (nSPS) is 12.4. The number of nitrogens with one attached hydrogen (secondary N) is 1. The Labute approximate surface area is 124 Å². The SMILES string of the molecule is CC(C)C(Br)C(=O)Nc1ccc(-n2cncn2)c(F)c1. The van der Waals surface area contributed by atoms with Crippen molar-refractivity contribution in [3.63, 3.8) is 0 Å². The molecule has 5 nitrogen and oxygen atoms in total. The fraction of sp³-hybridized carbons (Fsp3) is 0.308. The number of hydrogen-bond donors (Lipinski definition) is 1. The zero-order chi connectivity index (χ0) is 14.7. The summed E-state index contributed by atoms with van der Waals surface area (Å²) in [6, 6.07) is 4.42. The Bertz CT molecular complexity index is 600. The molecule has 0 radical (unpaired) electrons. The average Bonchev–Trinajstić information content (AvgIpc) is 2.91. The molecule has 7 heteroatoms. The van der Waals surface area contributed by atoms with Crippen LogP contribution in [-0.4, -0.2) is 25.5 Å². The zero-order valence-electron chi connectivity index (χ0n) is 11.0. The van der Waals surface area contributed by atoms with Gasteiger partial charge in [-0.1, -0.05) is 29.8 Å². The minimum Gasteiger partial charge on any atom is -0.325 e. The van der Waals surface area contributed by atoms with Crippen molar-refractivity contribution in [1.29, 1.82) is 0 Å². The summed E-state index contributed by atoms with van der Waals surface area (Å²) in [5, 5.41) is 6.53. The van der Waals surface area contributed by atoms with E-state index in [0.717, 1.165) is 0 Å². The molecule has 1 N–H and O–H groups in total. The molecule has 106 valence electrons. The fourth-order valence-corrected chi connectivity index (χ4v) is 1.73. The van der Waals surface area contributed by atoms with Gasteiger partial charge in [-0.05, 0) is 24.1 Å². The Balaban J connectivity index is 2.16. The first-order valence-electron chi connectivity index (χ1n) is 6.08. The Morgan fingerprint density at radius 3 is 2.75 bits per heavy atom. The maximum atomic E-state index is 14.0. The molecule has 1 aromatic heterocycles. The van der Waals surface area contributed by atoms with E-state index >= 15 is 0 Å². The number of carbonyl (C=O) groups excluding carboxylic acids is 1. The monoisotopic (exact) mass is 340 g/mol. The largest absolute Gasteiger partial charge is 0.325 e. The minimum atomic E-state index is -0.482. The van der Waals surface area contributed by atoms with Crippen molar-refractivity contribution in [2.45, 2.75) is 18.7 Å². The summed E-state index contributed by atoms with van der Waals surface area (Å²) in [7, 11) is 0. The predicted octanol–water partition coefficient (Wildman–Crippen LogP) is 2.76. The lowest BCUT2D eigenvalue weighted by atomic mass is 10.1. The van der Waals surface area contributed by atoms with Crippen molar-refractivity contribution in [1.82, 2.24) is 14.8 Å². The summed E-state index contributed by atoms with van der Waals surface area (Å²) in [6.45, 7) is 3.85. The lowest BCUT2D eigenvalue weighted by Gasteiger charge is -2.14. The lowest BCUT2D eigenvalue weighted by Crippen LogP contribution is -2.27. The van der Waals surface area contributed by atoms with Gasteiger partial charge in [0.25, 0.3) is 0 Å². The van der Waals surface area contributed by atoms with Crippen LogP contribution in [0.1, 0.15) is 13.8 Å². The van der Waals surface area contributed by atoms with E-state index in [2.05, 4.69) is 31.3 Å². The number of alkyl halides is 1. The van der Waals surface area contributed by atoms with E-state index in [-0.39, 0.29) is 22.3 Å². The van der Waals surface area contributed by atoms with Gasteiger partial charge in [0.2, 0.25) is 5.91 Å². The molecule has 0 aliphatic rings. The molecule has 1 aromatic carbocycles. The van der Waals surface area contributed by atoms with Crippen molar-refractivity contribution < 1.29 is 9.18 Å². The first-order chi connectivity index (χ1) is 9.49. The van der Waals surface area contributed by atoms with Crippen LogP contribution in [-0.2, 0) is 4.79 Å². The molecule has 0 spiro atoms. The molecule has 0 saturated heterocycles. The maximum Gasteiger partial charge on any atom is 0.238 e. The molecule has 0 bridgehead atoms. The maximum absolute atomic E-state index is 14.0. The van der Waals surface area contributed by atoms with Gasteiger partial charge >= 0.3 is 0 Å². The number of hydrogen-bond acceptors (Lipinski definition) is 3. The number of rotatable bonds is 4. The minimum absolute atomic E-state index is 0.147. The van der Waals surface area contributed by atoms with E-state index in [1.807, 2.05) is 13.8 Å². The van der Waals surface area contributed by atoms with Gasteiger partial charge in [-0.2, -0.15) is 5.10 Å². The van der Waals surface area contributed by atoms with E-state index in [0.29, 0.717) is 5.69 Å². The van der Waals surface area contributed by atoms with Crippen LogP contribution < -0.4 is 5.32 Å².